The SMILES string of the molecule is [O-]C(=C(C(=S)Nc1ccc(Cl)cc1)[n+]1ccccc1)c1ccccc1Cl. The second kappa shape index (κ2) is 8.32. The smallest absolute Gasteiger partial charge is 0.238 e. The molecule has 0 unspecified atom stereocenters. The summed E-state index contributed by atoms with van der Waals surface area (Å²) < 4.78 is 1.68. The van der Waals surface area contributed by atoms with Gasteiger partial charge in [0.15, 0.2) is 17.4 Å². The third-order valence-corrected chi connectivity index (χ3v) is 4.50. The zero-order valence-corrected chi connectivity index (χ0v) is 15.9. The number of hydrogen-bond donors (Lipinski definition) is 1. The van der Waals surface area contributed by atoms with E-state index in [1.54, 1.807) is 65.5 Å². The van der Waals surface area contributed by atoms with E-state index in [4.69, 9.17) is 35.4 Å². The van der Waals surface area contributed by atoms with Crippen molar-refractivity contribution in [2.75, 3.05) is 5.32 Å². The summed E-state index contributed by atoms with van der Waals surface area (Å²) in [6, 6.07) is 19.5. The summed E-state index contributed by atoms with van der Waals surface area (Å²) in [5.41, 5.74) is 1.44. The van der Waals surface area contributed by atoms with Crippen molar-refractivity contribution in [2.45, 2.75) is 0 Å². The van der Waals surface area contributed by atoms with E-state index in [1.165, 1.54) is 0 Å². The molecule has 1 aromatic heterocycles. The molecule has 0 atom stereocenters. The summed E-state index contributed by atoms with van der Waals surface area (Å²) in [5, 5.41) is 17.2. The molecule has 26 heavy (non-hydrogen) atoms. The molecule has 1 heterocycles. The topological polar surface area (TPSA) is 39.0 Å². The van der Waals surface area contributed by atoms with Crippen molar-refractivity contribution in [3.63, 3.8) is 0 Å². The standard InChI is InChI=1S/C20H14Cl2N2OS/c21-14-8-10-15(11-9-14)23-20(26)18(24-12-4-1-5-13-24)19(25)16-6-2-3-7-17(16)22/h1-13H,(H-,23,25,26). The van der Waals surface area contributed by atoms with Gasteiger partial charge in [-0.15, -0.1) is 0 Å². The van der Waals surface area contributed by atoms with E-state index >= 15 is 0 Å². The van der Waals surface area contributed by atoms with Gasteiger partial charge in [0, 0.05) is 27.9 Å². The van der Waals surface area contributed by atoms with Gasteiger partial charge < -0.3 is 10.4 Å². The Kier molecular flexibility index (Phi) is 5.89. The second-order valence-electron chi connectivity index (χ2n) is 5.40. The van der Waals surface area contributed by atoms with Gasteiger partial charge in [0.1, 0.15) is 0 Å². The van der Waals surface area contributed by atoms with E-state index in [0.29, 0.717) is 21.3 Å². The van der Waals surface area contributed by atoms with Crippen molar-refractivity contribution in [1.29, 1.82) is 0 Å². The third kappa shape index (κ3) is 4.22. The first-order valence-corrected chi connectivity index (χ1v) is 8.92. The number of aromatic nitrogens is 1. The molecule has 3 aromatic rings. The first kappa shape index (κ1) is 18.4. The highest BCUT2D eigenvalue weighted by molar-refractivity contribution is 7.81. The van der Waals surface area contributed by atoms with Crippen LogP contribution >= 0.6 is 35.4 Å². The molecule has 130 valence electrons. The van der Waals surface area contributed by atoms with Gasteiger partial charge in [-0.2, -0.15) is 4.57 Å². The summed E-state index contributed by atoms with van der Waals surface area (Å²) in [5.74, 6) is -0.265. The number of benzene rings is 2. The zero-order valence-electron chi connectivity index (χ0n) is 13.5. The lowest BCUT2D eigenvalue weighted by Crippen LogP contribution is -2.39. The molecule has 0 bridgehead atoms. The number of nitrogens with zero attached hydrogens (tertiary/aromatic N) is 1. The summed E-state index contributed by atoms with van der Waals surface area (Å²) in [4.78, 5) is 0.286. The molecule has 0 saturated heterocycles. The number of rotatable bonds is 4. The Labute approximate surface area is 167 Å². The quantitative estimate of drug-likeness (QED) is 0.305. The van der Waals surface area contributed by atoms with Gasteiger partial charge in [0.05, 0.1) is 0 Å². The lowest BCUT2D eigenvalue weighted by molar-refractivity contribution is -0.577. The predicted molar refractivity (Wildman–Crippen MR) is 109 cm³/mol. The zero-order chi connectivity index (χ0) is 18.5. The minimum Gasteiger partial charge on any atom is -0.867 e. The Morgan fingerprint density at radius 2 is 1.54 bits per heavy atom. The Hall–Kier alpha value is -2.40. The first-order chi connectivity index (χ1) is 12.6. The lowest BCUT2D eigenvalue weighted by Gasteiger charge is -2.17. The largest absolute Gasteiger partial charge is 0.867 e. The van der Waals surface area contributed by atoms with Crippen LogP contribution in [0.15, 0.2) is 79.1 Å². The van der Waals surface area contributed by atoms with Crippen LogP contribution in [0.3, 0.4) is 0 Å². The Morgan fingerprint density at radius 1 is 0.885 bits per heavy atom. The molecule has 3 nitrogen and oxygen atoms in total. The van der Waals surface area contributed by atoms with Gasteiger partial charge in [-0.25, -0.2) is 0 Å². The van der Waals surface area contributed by atoms with Gasteiger partial charge in [-0.05, 0) is 41.7 Å². The molecule has 0 aliphatic rings. The van der Waals surface area contributed by atoms with Crippen LogP contribution in [0.25, 0.3) is 11.5 Å². The Bertz CT molecular complexity index is 957. The molecule has 0 spiro atoms. The van der Waals surface area contributed by atoms with E-state index < -0.39 is 0 Å². The van der Waals surface area contributed by atoms with Crippen LogP contribution < -0.4 is 15.0 Å². The van der Waals surface area contributed by atoms with Crippen molar-refractivity contribution in [1.82, 2.24) is 0 Å². The molecular weight excluding hydrogens is 387 g/mol. The molecule has 3 rings (SSSR count). The molecule has 2 aromatic carbocycles. The fourth-order valence-corrected chi connectivity index (χ4v) is 3.05. The summed E-state index contributed by atoms with van der Waals surface area (Å²) in [7, 11) is 0. The normalized spacial score (nSPS) is 11.6. The number of hydrogen-bond acceptors (Lipinski definition) is 2. The average Bonchev–Trinajstić information content (AvgIpc) is 2.65. The average molecular weight is 401 g/mol. The van der Waals surface area contributed by atoms with E-state index in [0.717, 1.165) is 5.69 Å². The summed E-state index contributed by atoms with van der Waals surface area (Å²) in [6.07, 6.45) is 3.53. The van der Waals surface area contributed by atoms with Crippen LogP contribution in [0, 0.1) is 0 Å². The van der Waals surface area contributed by atoms with Gasteiger partial charge in [0.25, 0.3) is 0 Å². The lowest BCUT2D eigenvalue weighted by atomic mass is 10.1. The highest BCUT2D eigenvalue weighted by Crippen LogP contribution is 2.24. The van der Waals surface area contributed by atoms with Crippen LogP contribution in [-0.2, 0) is 0 Å². The number of nitrogens with one attached hydrogen (secondary N) is 1. The van der Waals surface area contributed by atoms with Gasteiger partial charge in [0.2, 0.25) is 5.70 Å². The minimum absolute atomic E-state index is 0.265. The molecule has 6 heteroatoms. The monoisotopic (exact) mass is 400 g/mol. The maximum atomic E-state index is 13.2. The highest BCUT2D eigenvalue weighted by Gasteiger charge is 2.19. The van der Waals surface area contributed by atoms with Crippen LogP contribution in [0.4, 0.5) is 5.69 Å². The molecule has 0 saturated carbocycles. The van der Waals surface area contributed by atoms with E-state index in [-0.39, 0.29) is 10.7 Å². The first-order valence-electron chi connectivity index (χ1n) is 7.76. The van der Waals surface area contributed by atoms with Crippen LogP contribution in [-0.4, -0.2) is 4.99 Å². The van der Waals surface area contributed by atoms with Crippen LogP contribution in [0.1, 0.15) is 5.56 Å². The highest BCUT2D eigenvalue weighted by atomic mass is 35.5. The number of anilines is 1. The fourth-order valence-electron chi connectivity index (χ4n) is 2.38. The number of thiocarbonyl (C=S) groups is 1. The van der Waals surface area contributed by atoms with Crippen LogP contribution in [0.2, 0.25) is 10.0 Å². The maximum absolute atomic E-state index is 13.2. The van der Waals surface area contributed by atoms with Gasteiger partial charge in [-0.1, -0.05) is 59.7 Å². The second-order valence-corrected chi connectivity index (χ2v) is 6.65. The third-order valence-electron chi connectivity index (χ3n) is 3.62. The van der Waals surface area contributed by atoms with Crippen molar-refractivity contribution in [2.24, 2.45) is 0 Å². The minimum atomic E-state index is -0.265. The Morgan fingerprint density at radius 3 is 2.19 bits per heavy atom. The number of halogens is 2. The molecule has 0 aliphatic carbocycles. The predicted octanol–water partition coefficient (Wildman–Crippen LogP) is 4.41. The van der Waals surface area contributed by atoms with E-state index in [9.17, 15) is 5.11 Å². The maximum Gasteiger partial charge on any atom is 0.238 e. The van der Waals surface area contributed by atoms with Crippen molar-refractivity contribution in [3.8, 4) is 0 Å². The molecule has 0 fully saturated rings. The molecule has 0 aliphatic heterocycles. The van der Waals surface area contributed by atoms with Gasteiger partial charge >= 0.3 is 0 Å². The molecular formula is C20H14Cl2N2OS. The van der Waals surface area contributed by atoms with Crippen molar-refractivity contribution >= 4 is 57.6 Å². The van der Waals surface area contributed by atoms with E-state index in [2.05, 4.69) is 5.32 Å². The fraction of sp³-hybridized carbons (Fsp3) is 0. The summed E-state index contributed by atoms with van der Waals surface area (Å²) >= 11 is 17.7. The molecule has 0 amide bonds. The van der Waals surface area contributed by atoms with Gasteiger partial charge in [-0.3, -0.25) is 0 Å². The molecule has 1 N–H and O–H groups in total. The van der Waals surface area contributed by atoms with Crippen molar-refractivity contribution < 1.29 is 9.67 Å². The number of pyridine rings is 1. The van der Waals surface area contributed by atoms with Crippen LogP contribution in [0.5, 0.6) is 0 Å². The van der Waals surface area contributed by atoms with Crippen molar-refractivity contribution in [3.05, 3.63) is 94.7 Å². The summed E-state index contributed by atoms with van der Waals surface area (Å²) in [6.45, 7) is 0. The molecule has 0 radical (unpaired) electrons. The van der Waals surface area contributed by atoms with E-state index in [1.807, 2.05) is 18.2 Å². The Balaban J connectivity index is 2.07.